The van der Waals surface area contributed by atoms with Crippen LogP contribution in [0.3, 0.4) is 0 Å². The van der Waals surface area contributed by atoms with E-state index in [1.165, 1.54) is 19.2 Å². The van der Waals surface area contributed by atoms with Gasteiger partial charge in [-0.3, -0.25) is 9.59 Å². The summed E-state index contributed by atoms with van der Waals surface area (Å²) >= 11 is 7.21. The van der Waals surface area contributed by atoms with Gasteiger partial charge in [-0.2, -0.15) is 5.26 Å². The van der Waals surface area contributed by atoms with Gasteiger partial charge < -0.3 is 20.7 Å². The summed E-state index contributed by atoms with van der Waals surface area (Å²) in [7, 11) is 1.49. The average molecular weight is 563 g/mol. The number of hydrogen-bond donors (Lipinski definition) is 3. The molecule has 3 N–H and O–H groups in total. The fourth-order valence-electron chi connectivity index (χ4n) is 4.17. The Labute approximate surface area is 234 Å². The average Bonchev–Trinajstić information content (AvgIpc) is 2.93. The van der Waals surface area contributed by atoms with Gasteiger partial charge in [0.1, 0.15) is 11.6 Å². The monoisotopic (exact) mass is 562 g/mol. The van der Waals surface area contributed by atoms with E-state index < -0.39 is 17.6 Å². The largest absolute Gasteiger partial charge is 0.495 e. The van der Waals surface area contributed by atoms with Crippen molar-refractivity contribution in [3.8, 4) is 11.8 Å². The van der Waals surface area contributed by atoms with Gasteiger partial charge in [-0.1, -0.05) is 65.8 Å². The molecule has 0 saturated carbocycles. The van der Waals surface area contributed by atoms with Crippen LogP contribution >= 0.6 is 23.4 Å². The van der Waals surface area contributed by atoms with Crippen molar-refractivity contribution in [1.82, 2.24) is 5.32 Å². The van der Waals surface area contributed by atoms with Gasteiger partial charge in [0.15, 0.2) is 0 Å². The molecule has 4 rings (SSSR count). The fraction of sp³-hybridized carbons (Fsp3) is 0.138. The van der Waals surface area contributed by atoms with Crippen molar-refractivity contribution >= 4 is 46.6 Å². The van der Waals surface area contributed by atoms with Gasteiger partial charge >= 0.3 is 0 Å². The summed E-state index contributed by atoms with van der Waals surface area (Å²) in [4.78, 5) is 26.3. The first-order chi connectivity index (χ1) is 18.8. The maximum Gasteiger partial charge on any atom is 0.254 e. The number of carbonyl (C=O) groups excluding carboxylic acids is 2. The van der Waals surface area contributed by atoms with Gasteiger partial charge in [0.05, 0.1) is 51.8 Å². The normalized spacial score (nSPS) is 14.8. The number of nitriles is 1. The number of thioether (sulfide) groups is 1. The second-order valence-corrected chi connectivity index (χ2v) is 9.84. The maximum atomic E-state index is 15.1. The third-order valence-corrected chi connectivity index (χ3v) is 7.31. The summed E-state index contributed by atoms with van der Waals surface area (Å²) in [5.41, 5.74) is 1.77. The Bertz CT molecular complexity index is 1530. The van der Waals surface area contributed by atoms with Gasteiger partial charge in [0, 0.05) is 16.8 Å². The number of anilines is 2. The van der Waals surface area contributed by atoms with E-state index in [-0.39, 0.29) is 28.4 Å². The van der Waals surface area contributed by atoms with Crippen LogP contribution in [0.5, 0.6) is 5.75 Å². The first-order valence-corrected chi connectivity index (χ1v) is 13.2. The number of methoxy groups -OCH3 is 1. The quantitative estimate of drug-likeness (QED) is 0.302. The van der Waals surface area contributed by atoms with E-state index in [4.69, 9.17) is 16.3 Å². The van der Waals surface area contributed by atoms with E-state index in [0.717, 1.165) is 11.8 Å². The van der Waals surface area contributed by atoms with Crippen molar-refractivity contribution in [2.24, 2.45) is 0 Å². The summed E-state index contributed by atoms with van der Waals surface area (Å²) in [6, 6.07) is 21.9. The molecule has 0 unspecified atom stereocenters. The van der Waals surface area contributed by atoms with Crippen molar-refractivity contribution in [2.45, 2.75) is 12.8 Å². The lowest BCUT2D eigenvalue weighted by Crippen LogP contribution is -2.31. The van der Waals surface area contributed by atoms with Crippen LogP contribution in [0.15, 0.2) is 94.7 Å². The third-order valence-electron chi connectivity index (χ3n) is 5.96. The molecule has 0 spiro atoms. The summed E-state index contributed by atoms with van der Waals surface area (Å²) < 4.78 is 20.4. The highest BCUT2D eigenvalue weighted by Gasteiger charge is 2.36. The molecule has 0 aliphatic carbocycles. The number of hydrogen-bond acceptors (Lipinski definition) is 6. The van der Waals surface area contributed by atoms with Crippen molar-refractivity contribution in [3.05, 3.63) is 111 Å². The summed E-state index contributed by atoms with van der Waals surface area (Å²) in [5.74, 6) is -2.05. The van der Waals surface area contributed by atoms with Crippen LogP contribution in [-0.4, -0.2) is 24.7 Å². The molecule has 1 atom stereocenters. The Kier molecular flexibility index (Phi) is 8.92. The molecule has 198 valence electrons. The Morgan fingerprint density at radius 1 is 1.05 bits per heavy atom. The van der Waals surface area contributed by atoms with Crippen molar-refractivity contribution in [1.29, 1.82) is 5.26 Å². The second-order valence-electron chi connectivity index (χ2n) is 8.44. The van der Waals surface area contributed by atoms with Crippen molar-refractivity contribution in [2.75, 3.05) is 23.5 Å². The number of nitrogens with zero attached hydrogens (tertiary/aromatic N) is 1. The van der Waals surface area contributed by atoms with Gasteiger partial charge in [-0.25, -0.2) is 4.39 Å². The zero-order valence-corrected chi connectivity index (χ0v) is 22.6. The highest BCUT2D eigenvalue weighted by atomic mass is 35.5. The van der Waals surface area contributed by atoms with Crippen LogP contribution in [0.2, 0.25) is 5.02 Å². The molecule has 1 aliphatic heterocycles. The fourth-order valence-corrected chi connectivity index (χ4v) is 5.25. The second kappa shape index (κ2) is 12.5. The molecule has 7 nitrogen and oxygen atoms in total. The van der Waals surface area contributed by atoms with Crippen LogP contribution in [0.25, 0.3) is 0 Å². The lowest BCUT2D eigenvalue weighted by molar-refractivity contribution is -0.114. The molecule has 0 bridgehead atoms. The summed E-state index contributed by atoms with van der Waals surface area (Å²) in [6.45, 7) is 1.67. The number of rotatable bonds is 8. The number of benzene rings is 3. The topological polar surface area (TPSA) is 103 Å². The van der Waals surface area contributed by atoms with Crippen LogP contribution in [0, 0.1) is 17.1 Å². The summed E-state index contributed by atoms with van der Waals surface area (Å²) in [5, 5.41) is 19.6. The van der Waals surface area contributed by atoms with Crippen LogP contribution in [0.4, 0.5) is 15.8 Å². The molecule has 10 heteroatoms. The number of dihydropyridines is 1. The zero-order chi connectivity index (χ0) is 27.9. The predicted octanol–water partition coefficient (Wildman–Crippen LogP) is 6.19. The molecule has 1 aliphatic rings. The lowest BCUT2D eigenvalue weighted by Gasteiger charge is -2.30. The minimum absolute atomic E-state index is 0.0568. The standard InChI is InChI=1S/C29H24ClFN4O3S/c1-17-26(28(37)35-23-13-7-8-14-24(23)38-2)27(18-9-3-5-11-21(18)31)19(15-32)29(33-17)39-16-25(36)34-22-12-6-4-10-20(22)30/h3-14,27,33H,16H2,1-2H3,(H,34,36)(H,35,37)/t27-/m0/s1. The smallest absolute Gasteiger partial charge is 0.254 e. The van der Waals surface area contributed by atoms with Crippen LogP contribution in [0.1, 0.15) is 18.4 Å². The van der Waals surface area contributed by atoms with Gasteiger partial charge in [0.25, 0.3) is 5.91 Å². The Hall–Kier alpha value is -4.26. The van der Waals surface area contributed by atoms with E-state index in [1.54, 1.807) is 67.6 Å². The Balaban J connectivity index is 1.66. The summed E-state index contributed by atoms with van der Waals surface area (Å²) in [6.07, 6.45) is 0. The Morgan fingerprint density at radius 3 is 2.41 bits per heavy atom. The highest BCUT2D eigenvalue weighted by Crippen LogP contribution is 2.42. The van der Waals surface area contributed by atoms with Gasteiger partial charge in [-0.15, -0.1) is 0 Å². The minimum Gasteiger partial charge on any atom is -0.495 e. The van der Waals surface area contributed by atoms with E-state index in [1.807, 2.05) is 0 Å². The maximum absolute atomic E-state index is 15.1. The number of para-hydroxylation sites is 3. The number of carbonyl (C=O) groups is 2. The van der Waals surface area contributed by atoms with E-state index in [2.05, 4.69) is 22.0 Å². The first-order valence-electron chi connectivity index (χ1n) is 11.8. The zero-order valence-electron chi connectivity index (χ0n) is 21.0. The molecule has 2 amide bonds. The highest BCUT2D eigenvalue weighted by molar-refractivity contribution is 8.03. The molecule has 0 fully saturated rings. The number of halogens is 2. The molecule has 1 heterocycles. The molecule has 0 aromatic heterocycles. The number of allylic oxidation sites excluding steroid dienone is 2. The molecular weight excluding hydrogens is 539 g/mol. The van der Waals surface area contributed by atoms with E-state index in [9.17, 15) is 14.9 Å². The van der Waals surface area contributed by atoms with Crippen molar-refractivity contribution in [3.63, 3.8) is 0 Å². The Morgan fingerprint density at radius 2 is 1.72 bits per heavy atom. The van der Waals surface area contributed by atoms with Gasteiger partial charge in [-0.05, 0) is 37.3 Å². The molecule has 39 heavy (non-hydrogen) atoms. The number of nitrogens with one attached hydrogen (secondary N) is 3. The third kappa shape index (κ3) is 6.25. The number of ether oxygens (including phenoxy) is 1. The van der Waals surface area contributed by atoms with Crippen LogP contribution < -0.4 is 20.7 Å². The lowest BCUT2D eigenvalue weighted by atomic mass is 9.82. The van der Waals surface area contributed by atoms with Crippen molar-refractivity contribution < 1.29 is 18.7 Å². The minimum atomic E-state index is -1.01. The molecule has 0 radical (unpaired) electrons. The first kappa shape index (κ1) is 27.8. The van der Waals surface area contributed by atoms with Crippen LogP contribution in [-0.2, 0) is 9.59 Å². The predicted molar refractivity (Wildman–Crippen MR) is 152 cm³/mol. The van der Waals surface area contributed by atoms with E-state index >= 15 is 4.39 Å². The molecular formula is C29H24ClFN4O3S. The SMILES string of the molecule is COc1ccccc1NC(=O)C1=C(C)NC(SCC(=O)Nc2ccccc2Cl)=C(C#N)[C@@H]1c1ccccc1F. The molecule has 3 aromatic rings. The molecule has 3 aromatic carbocycles. The van der Waals surface area contributed by atoms with E-state index in [0.29, 0.717) is 32.9 Å². The van der Waals surface area contributed by atoms with Gasteiger partial charge in [0.2, 0.25) is 5.91 Å². The number of amides is 2. The molecule has 0 saturated heterocycles.